The predicted octanol–water partition coefficient (Wildman–Crippen LogP) is 3.00. The molecule has 5 heteroatoms. The molecule has 0 bridgehead atoms. The molecule has 0 N–H and O–H groups in total. The molecule has 4 rings (SSSR count). The van der Waals surface area contributed by atoms with Crippen LogP contribution in [0.4, 0.5) is 0 Å². The van der Waals surface area contributed by atoms with Gasteiger partial charge in [0, 0.05) is 26.6 Å². The Hall–Kier alpha value is -2.14. The van der Waals surface area contributed by atoms with E-state index in [1.54, 1.807) is 7.11 Å². The summed E-state index contributed by atoms with van der Waals surface area (Å²) in [7, 11) is 1.71. The molecule has 2 aromatic rings. The standard InChI is InChI=1S/C21H27N3O2/c1-26-15-19-21-18(13-22-24(21)14-17-7-8-17)11-12-23(19)20(25)10-9-16-5-3-2-4-6-16/h2-6,13,17,19H,7-12,14-15H2,1H3/t19-/m0/s1. The van der Waals surface area contributed by atoms with Gasteiger partial charge in [0.25, 0.3) is 0 Å². The number of rotatable bonds is 7. The monoisotopic (exact) mass is 353 g/mol. The molecule has 2 heterocycles. The second kappa shape index (κ2) is 7.62. The average molecular weight is 353 g/mol. The molecule has 2 aliphatic rings. The van der Waals surface area contributed by atoms with Crippen molar-refractivity contribution in [2.45, 2.75) is 44.7 Å². The van der Waals surface area contributed by atoms with Crippen LogP contribution in [0.5, 0.6) is 0 Å². The normalized spacial score (nSPS) is 19.4. The predicted molar refractivity (Wildman–Crippen MR) is 99.7 cm³/mol. The first kappa shape index (κ1) is 17.3. The van der Waals surface area contributed by atoms with Crippen molar-refractivity contribution >= 4 is 5.91 Å². The number of carbonyl (C=O) groups excluding carboxylic acids is 1. The van der Waals surface area contributed by atoms with Gasteiger partial charge < -0.3 is 9.64 Å². The number of aromatic nitrogens is 2. The Morgan fingerprint density at radius 2 is 2.08 bits per heavy atom. The molecule has 1 fully saturated rings. The smallest absolute Gasteiger partial charge is 0.223 e. The number of hydrogen-bond acceptors (Lipinski definition) is 3. The Balaban J connectivity index is 1.50. The van der Waals surface area contributed by atoms with E-state index in [0.717, 1.165) is 31.8 Å². The first-order valence-electron chi connectivity index (χ1n) is 9.63. The topological polar surface area (TPSA) is 47.4 Å². The van der Waals surface area contributed by atoms with Gasteiger partial charge in [0.05, 0.1) is 24.5 Å². The van der Waals surface area contributed by atoms with Gasteiger partial charge in [-0.3, -0.25) is 9.48 Å². The van der Waals surface area contributed by atoms with Gasteiger partial charge >= 0.3 is 0 Å². The Labute approximate surface area is 154 Å². The summed E-state index contributed by atoms with van der Waals surface area (Å²) in [4.78, 5) is 15.0. The highest BCUT2D eigenvalue weighted by Gasteiger charge is 2.35. The van der Waals surface area contributed by atoms with E-state index in [9.17, 15) is 4.79 Å². The van der Waals surface area contributed by atoms with Gasteiger partial charge in [-0.2, -0.15) is 5.10 Å². The minimum atomic E-state index is -0.0201. The van der Waals surface area contributed by atoms with E-state index in [2.05, 4.69) is 21.9 Å². The highest BCUT2D eigenvalue weighted by Crippen LogP contribution is 2.35. The summed E-state index contributed by atoms with van der Waals surface area (Å²) >= 11 is 0. The van der Waals surface area contributed by atoms with Crippen LogP contribution in [0.2, 0.25) is 0 Å². The molecule has 1 aromatic carbocycles. The van der Waals surface area contributed by atoms with Crippen molar-refractivity contribution < 1.29 is 9.53 Å². The fourth-order valence-corrected chi connectivity index (χ4v) is 3.91. The first-order chi connectivity index (χ1) is 12.8. The molecule has 138 valence electrons. The molecule has 0 unspecified atom stereocenters. The minimum Gasteiger partial charge on any atom is -0.382 e. The molecule has 0 saturated heterocycles. The van der Waals surface area contributed by atoms with Crippen molar-refractivity contribution in [1.29, 1.82) is 0 Å². The second-order valence-corrected chi connectivity index (χ2v) is 7.47. The van der Waals surface area contributed by atoms with Crippen molar-refractivity contribution in [2.24, 2.45) is 5.92 Å². The number of methoxy groups -OCH3 is 1. The lowest BCUT2D eigenvalue weighted by atomic mass is 9.99. The largest absolute Gasteiger partial charge is 0.382 e. The number of ether oxygens (including phenoxy) is 1. The summed E-state index contributed by atoms with van der Waals surface area (Å²) < 4.78 is 7.62. The van der Waals surface area contributed by atoms with E-state index in [1.165, 1.54) is 29.7 Å². The SMILES string of the molecule is COC[C@H]1c2c(cnn2CC2CC2)CCN1C(=O)CCc1ccccc1. The molecule has 26 heavy (non-hydrogen) atoms. The summed E-state index contributed by atoms with van der Waals surface area (Å²) in [6.45, 7) is 2.26. The van der Waals surface area contributed by atoms with Crippen LogP contribution in [0.1, 0.15) is 42.1 Å². The van der Waals surface area contributed by atoms with Crippen LogP contribution in [0.3, 0.4) is 0 Å². The average Bonchev–Trinajstić information content (AvgIpc) is 3.39. The van der Waals surface area contributed by atoms with E-state index >= 15 is 0 Å². The van der Waals surface area contributed by atoms with Gasteiger partial charge in [0.15, 0.2) is 0 Å². The van der Waals surface area contributed by atoms with E-state index in [4.69, 9.17) is 4.74 Å². The lowest BCUT2D eigenvalue weighted by Crippen LogP contribution is -2.43. The summed E-state index contributed by atoms with van der Waals surface area (Å²) in [5.74, 6) is 0.965. The minimum absolute atomic E-state index is 0.0201. The Morgan fingerprint density at radius 3 is 2.81 bits per heavy atom. The second-order valence-electron chi connectivity index (χ2n) is 7.47. The van der Waals surface area contributed by atoms with E-state index in [0.29, 0.717) is 13.0 Å². The number of benzene rings is 1. The lowest BCUT2D eigenvalue weighted by Gasteiger charge is -2.36. The fraction of sp³-hybridized carbons (Fsp3) is 0.524. The summed E-state index contributed by atoms with van der Waals surface area (Å²) in [6.07, 6.45) is 6.79. The lowest BCUT2D eigenvalue weighted by molar-refractivity contribution is -0.135. The van der Waals surface area contributed by atoms with Crippen LogP contribution < -0.4 is 0 Å². The van der Waals surface area contributed by atoms with Gasteiger partial charge in [-0.15, -0.1) is 0 Å². The number of nitrogens with zero attached hydrogens (tertiary/aromatic N) is 3. The number of fused-ring (bicyclic) bond motifs is 1. The number of carbonyl (C=O) groups is 1. The van der Waals surface area contributed by atoms with Crippen molar-refractivity contribution in [3.63, 3.8) is 0 Å². The highest BCUT2D eigenvalue weighted by atomic mass is 16.5. The summed E-state index contributed by atoms with van der Waals surface area (Å²) in [5.41, 5.74) is 3.68. The maximum Gasteiger partial charge on any atom is 0.223 e. The molecule has 1 saturated carbocycles. The van der Waals surface area contributed by atoms with Crippen LogP contribution in [0.25, 0.3) is 0 Å². The molecule has 1 aliphatic carbocycles. The number of hydrogen-bond donors (Lipinski definition) is 0. The third-order valence-corrected chi connectivity index (χ3v) is 5.52. The maximum atomic E-state index is 13.0. The van der Waals surface area contributed by atoms with Crippen LogP contribution in [0, 0.1) is 5.92 Å². The molecular weight excluding hydrogens is 326 g/mol. The van der Waals surface area contributed by atoms with Crippen LogP contribution >= 0.6 is 0 Å². The number of amides is 1. The summed E-state index contributed by atoms with van der Waals surface area (Å²) in [5, 5.41) is 4.62. The third-order valence-electron chi connectivity index (χ3n) is 5.52. The molecular formula is C21H27N3O2. The maximum absolute atomic E-state index is 13.0. The Bertz CT molecular complexity index is 752. The highest BCUT2D eigenvalue weighted by molar-refractivity contribution is 5.77. The van der Waals surface area contributed by atoms with Crippen molar-refractivity contribution in [3.05, 3.63) is 53.3 Å². The van der Waals surface area contributed by atoms with Gasteiger partial charge in [-0.1, -0.05) is 30.3 Å². The fourth-order valence-electron chi connectivity index (χ4n) is 3.91. The van der Waals surface area contributed by atoms with Gasteiger partial charge in [-0.25, -0.2) is 0 Å². The third kappa shape index (κ3) is 3.68. The zero-order valence-corrected chi connectivity index (χ0v) is 15.4. The van der Waals surface area contributed by atoms with Crippen LogP contribution in [-0.2, 0) is 28.9 Å². The Morgan fingerprint density at radius 1 is 1.27 bits per heavy atom. The molecule has 1 aliphatic heterocycles. The van der Waals surface area contributed by atoms with Crippen molar-refractivity contribution in [3.8, 4) is 0 Å². The van der Waals surface area contributed by atoms with Crippen molar-refractivity contribution in [1.82, 2.24) is 14.7 Å². The van der Waals surface area contributed by atoms with E-state index < -0.39 is 0 Å². The molecule has 0 radical (unpaired) electrons. The molecule has 1 amide bonds. The van der Waals surface area contributed by atoms with Gasteiger partial charge in [-0.05, 0) is 42.7 Å². The van der Waals surface area contributed by atoms with Crippen LogP contribution in [0.15, 0.2) is 36.5 Å². The van der Waals surface area contributed by atoms with Gasteiger partial charge in [0.1, 0.15) is 0 Å². The molecule has 5 nitrogen and oxygen atoms in total. The first-order valence-corrected chi connectivity index (χ1v) is 9.63. The molecule has 1 atom stereocenters. The quantitative estimate of drug-likeness (QED) is 0.769. The number of aryl methyl sites for hydroxylation is 1. The van der Waals surface area contributed by atoms with Gasteiger partial charge in [0.2, 0.25) is 5.91 Å². The van der Waals surface area contributed by atoms with Crippen LogP contribution in [-0.4, -0.2) is 40.8 Å². The van der Waals surface area contributed by atoms with E-state index in [1.807, 2.05) is 29.3 Å². The zero-order chi connectivity index (χ0) is 17.9. The Kier molecular flexibility index (Phi) is 5.07. The molecule has 0 spiro atoms. The van der Waals surface area contributed by atoms with E-state index in [-0.39, 0.29) is 11.9 Å². The zero-order valence-electron chi connectivity index (χ0n) is 15.4. The molecule has 1 aromatic heterocycles. The summed E-state index contributed by atoms with van der Waals surface area (Å²) in [6, 6.07) is 10.2. The van der Waals surface area contributed by atoms with Crippen molar-refractivity contribution in [2.75, 3.05) is 20.3 Å².